The topological polar surface area (TPSA) is 66.8 Å². The molecule has 1 aromatic carbocycles. The molecule has 5 heteroatoms. The van der Waals surface area contributed by atoms with Crippen molar-refractivity contribution in [2.24, 2.45) is 0 Å². The molecule has 0 heterocycles. The van der Waals surface area contributed by atoms with Crippen molar-refractivity contribution in [2.75, 3.05) is 26.8 Å². The minimum atomic E-state index is -1.04. The number of amides is 1. The highest BCUT2D eigenvalue weighted by molar-refractivity contribution is 5.95. The number of carboxylic acids is 1. The Morgan fingerprint density at radius 3 is 2.39 bits per heavy atom. The highest BCUT2D eigenvalue weighted by Gasteiger charge is 2.17. The number of carbonyl (C=O) groups excluding carboxylic acids is 1. The molecule has 1 aromatic rings. The van der Waals surface area contributed by atoms with Gasteiger partial charge in [0.1, 0.15) is 6.54 Å². The number of aliphatic carboxylic acids is 1. The Kier molecular flexibility index (Phi) is 5.32. The fourth-order valence-electron chi connectivity index (χ4n) is 1.50. The van der Waals surface area contributed by atoms with Gasteiger partial charge in [0.2, 0.25) is 0 Å². The SMILES string of the molecule is COCCN(CC(=O)O)C(=O)c1ccc(C)cc1. The third kappa shape index (κ3) is 4.18. The summed E-state index contributed by atoms with van der Waals surface area (Å²) in [6.07, 6.45) is 0. The second-order valence-electron chi connectivity index (χ2n) is 3.98. The summed E-state index contributed by atoms with van der Waals surface area (Å²) in [4.78, 5) is 24.1. The van der Waals surface area contributed by atoms with E-state index in [-0.39, 0.29) is 19.0 Å². The van der Waals surface area contributed by atoms with Gasteiger partial charge in [-0.05, 0) is 19.1 Å². The highest BCUT2D eigenvalue weighted by atomic mass is 16.5. The summed E-state index contributed by atoms with van der Waals surface area (Å²) >= 11 is 0. The molecule has 18 heavy (non-hydrogen) atoms. The van der Waals surface area contributed by atoms with Crippen LogP contribution in [0.5, 0.6) is 0 Å². The normalized spacial score (nSPS) is 10.1. The molecule has 0 atom stereocenters. The summed E-state index contributed by atoms with van der Waals surface area (Å²) in [7, 11) is 1.51. The van der Waals surface area contributed by atoms with Crippen molar-refractivity contribution in [3.63, 3.8) is 0 Å². The van der Waals surface area contributed by atoms with Crippen molar-refractivity contribution < 1.29 is 19.4 Å². The first-order valence-corrected chi connectivity index (χ1v) is 5.61. The predicted molar refractivity (Wildman–Crippen MR) is 66.6 cm³/mol. The van der Waals surface area contributed by atoms with Crippen LogP contribution in [0.3, 0.4) is 0 Å². The van der Waals surface area contributed by atoms with Crippen molar-refractivity contribution >= 4 is 11.9 Å². The van der Waals surface area contributed by atoms with Crippen LogP contribution in [-0.4, -0.2) is 48.7 Å². The van der Waals surface area contributed by atoms with E-state index >= 15 is 0 Å². The monoisotopic (exact) mass is 251 g/mol. The number of aryl methyl sites for hydroxylation is 1. The van der Waals surface area contributed by atoms with E-state index in [1.54, 1.807) is 12.1 Å². The number of hydrogen-bond acceptors (Lipinski definition) is 3. The molecule has 1 amide bonds. The van der Waals surface area contributed by atoms with Crippen LogP contribution in [0.2, 0.25) is 0 Å². The molecule has 0 radical (unpaired) electrons. The lowest BCUT2D eigenvalue weighted by Gasteiger charge is -2.20. The zero-order valence-corrected chi connectivity index (χ0v) is 10.5. The molecular formula is C13H17NO4. The lowest BCUT2D eigenvalue weighted by Crippen LogP contribution is -2.38. The zero-order valence-electron chi connectivity index (χ0n) is 10.5. The fourth-order valence-corrected chi connectivity index (χ4v) is 1.50. The molecule has 0 aliphatic rings. The Morgan fingerprint density at radius 2 is 1.89 bits per heavy atom. The van der Waals surface area contributed by atoms with Gasteiger partial charge in [-0.25, -0.2) is 0 Å². The quantitative estimate of drug-likeness (QED) is 0.824. The largest absolute Gasteiger partial charge is 0.480 e. The number of carbonyl (C=O) groups is 2. The van der Waals surface area contributed by atoms with Crippen LogP contribution in [0.15, 0.2) is 24.3 Å². The van der Waals surface area contributed by atoms with Crippen molar-refractivity contribution in [1.29, 1.82) is 0 Å². The third-order valence-electron chi connectivity index (χ3n) is 2.48. The molecule has 0 bridgehead atoms. The van der Waals surface area contributed by atoms with E-state index in [0.29, 0.717) is 12.2 Å². The number of rotatable bonds is 6. The van der Waals surface area contributed by atoms with E-state index in [9.17, 15) is 9.59 Å². The van der Waals surface area contributed by atoms with Gasteiger partial charge in [0.05, 0.1) is 6.61 Å². The molecule has 0 unspecified atom stereocenters. The summed E-state index contributed by atoms with van der Waals surface area (Å²) in [5.41, 5.74) is 1.53. The summed E-state index contributed by atoms with van der Waals surface area (Å²) in [5.74, 6) is -1.33. The van der Waals surface area contributed by atoms with Crippen LogP contribution >= 0.6 is 0 Å². The van der Waals surface area contributed by atoms with E-state index in [1.165, 1.54) is 12.0 Å². The smallest absolute Gasteiger partial charge is 0.323 e. The summed E-state index contributed by atoms with van der Waals surface area (Å²) in [5, 5.41) is 8.79. The number of ether oxygens (including phenoxy) is 1. The summed E-state index contributed by atoms with van der Waals surface area (Å²) in [6.45, 7) is 2.17. The Bertz CT molecular complexity index is 414. The maximum absolute atomic E-state index is 12.1. The second-order valence-corrected chi connectivity index (χ2v) is 3.98. The van der Waals surface area contributed by atoms with Gasteiger partial charge in [-0.2, -0.15) is 0 Å². The van der Waals surface area contributed by atoms with E-state index in [0.717, 1.165) is 5.56 Å². The fraction of sp³-hybridized carbons (Fsp3) is 0.385. The lowest BCUT2D eigenvalue weighted by atomic mass is 10.1. The van der Waals surface area contributed by atoms with E-state index < -0.39 is 5.97 Å². The molecule has 1 N–H and O–H groups in total. The van der Waals surface area contributed by atoms with Crippen LogP contribution in [-0.2, 0) is 9.53 Å². The van der Waals surface area contributed by atoms with E-state index in [2.05, 4.69) is 0 Å². The molecule has 0 aromatic heterocycles. The van der Waals surface area contributed by atoms with Gasteiger partial charge in [-0.3, -0.25) is 9.59 Å². The minimum absolute atomic E-state index is 0.259. The Labute approximate surface area is 106 Å². The molecule has 1 rings (SSSR count). The zero-order chi connectivity index (χ0) is 13.5. The van der Waals surface area contributed by atoms with Gasteiger partial charge in [0.15, 0.2) is 0 Å². The molecule has 5 nitrogen and oxygen atoms in total. The molecule has 0 aliphatic carbocycles. The number of carboxylic acid groups (broad SMARTS) is 1. The standard InChI is InChI=1S/C13H17NO4/c1-10-3-5-11(6-4-10)13(17)14(7-8-18-2)9-12(15)16/h3-6H,7-9H2,1-2H3,(H,15,16). The van der Waals surface area contributed by atoms with Gasteiger partial charge >= 0.3 is 5.97 Å². The van der Waals surface area contributed by atoms with Gasteiger partial charge in [0.25, 0.3) is 5.91 Å². The van der Waals surface area contributed by atoms with Crippen LogP contribution in [0.1, 0.15) is 15.9 Å². The number of benzene rings is 1. The van der Waals surface area contributed by atoms with Crippen LogP contribution < -0.4 is 0 Å². The van der Waals surface area contributed by atoms with E-state index in [1.807, 2.05) is 19.1 Å². The van der Waals surface area contributed by atoms with Crippen molar-refractivity contribution in [3.8, 4) is 0 Å². The van der Waals surface area contributed by atoms with Crippen molar-refractivity contribution in [2.45, 2.75) is 6.92 Å². The first-order valence-electron chi connectivity index (χ1n) is 5.61. The second kappa shape index (κ2) is 6.76. The predicted octanol–water partition coefficient (Wildman–Crippen LogP) is 1.17. The van der Waals surface area contributed by atoms with Crippen LogP contribution in [0.25, 0.3) is 0 Å². The van der Waals surface area contributed by atoms with Gasteiger partial charge < -0.3 is 14.7 Å². The molecular weight excluding hydrogens is 234 g/mol. The molecule has 98 valence electrons. The molecule has 0 saturated carbocycles. The maximum Gasteiger partial charge on any atom is 0.323 e. The van der Waals surface area contributed by atoms with Crippen LogP contribution in [0.4, 0.5) is 0 Å². The van der Waals surface area contributed by atoms with E-state index in [4.69, 9.17) is 9.84 Å². The van der Waals surface area contributed by atoms with Crippen molar-refractivity contribution in [1.82, 2.24) is 4.90 Å². The van der Waals surface area contributed by atoms with Gasteiger partial charge in [-0.15, -0.1) is 0 Å². The maximum atomic E-state index is 12.1. The van der Waals surface area contributed by atoms with Gasteiger partial charge in [-0.1, -0.05) is 17.7 Å². The number of hydrogen-bond donors (Lipinski definition) is 1. The molecule has 0 spiro atoms. The Balaban J connectivity index is 2.80. The first-order chi connectivity index (χ1) is 8.54. The molecule has 0 aliphatic heterocycles. The lowest BCUT2D eigenvalue weighted by molar-refractivity contribution is -0.137. The Morgan fingerprint density at radius 1 is 1.28 bits per heavy atom. The number of methoxy groups -OCH3 is 1. The third-order valence-corrected chi connectivity index (χ3v) is 2.48. The highest BCUT2D eigenvalue weighted by Crippen LogP contribution is 2.07. The van der Waals surface area contributed by atoms with Gasteiger partial charge in [0, 0.05) is 19.2 Å². The summed E-state index contributed by atoms with van der Waals surface area (Å²) < 4.78 is 4.87. The Hall–Kier alpha value is -1.88. The first kappa shape index (κ1) is 14.2. The number of nitrogens with zero attached hydrogens (tertiary/aromatic N) is 1. The van der Waals surface area contributed by atoms with Crippen LogP contribution in [0, 0.1) is 6.92 Å². The summed E-state index contributed by atoms with van der Waals surface area (Å²) in [6, 6.07) is 7.03. The molecule has 0 fully saturated rings. The average molecular weight is 251 g/mol. The van der Waals surface area contributed by atoms with Crippen molar-refractivity contribution in [3.05, 3.63) is 35.4 Å². The average Bonchev–Trinajstić information content (AvgIpc) is 2.34. The minimum Gasteiger partial charge on any atom is -0.480 e. The molecule has 0 saturated heterocycles.